The second-order valence-electron chi connectivity index (χ2n) is 6.89. The Labute approximate surface area is 116 Å². The summed E-state index contributed by atoms with van der Waals surface area (Å²) in [7, 11) is 1.96. The van der Waals surface area contributed by atoms with Crippen molar-refractivity contribution in [2.75, 3.05) is 6.54 Å². The highest BCUT2D eigenvalue weighted by molar-refractivity contribution is 5.08. The second kappa shape index (κ2) is 5.25. The zero-order valence-electron chi connectivity index (χ0n) is 12.7. The lowest BCUT2D eigenvalue weighted by Crippen LogP contribution is -2.45. The molecule has 0 saturated heterocycles. The lowest BCUT2D eigenvalue weighted by molar-refractivity contribution is -0.0245. The van der Waals surface area contributed by atoms with E-state index >= 15 is 0 Å². The van der Waals surface area contributed by atoms with Gasteiger partial charge in [-0.3, -0.25) is 4.68 Å². The van der Waals surface area contributed by atoms with Gasteiger partial charge >= 0.3 is 0 Å². The van der Waals surface area contributed by atoms with Gasteiger partial charge in [0.05, 0.1) is 17.0 Å². The molecule has 1 heterocycles. The van der Waals surface area contributed by atoms with Gasteiger partial charge in [-0.1, -0.05) is 13.8 Å². The molecule has 2 rings (SSSR count). The van der Waals surface area contributed by atoms with E-state index < -0.39 is 5.60 Å². The molecule has 1 fully saturated rings. The molecule has 19 heavy (non-hydrogen) atoms. The fraction of sp³-hybridized carbons (Fsp3) is 0.800. The van der Waals surface area contributed by atoms with Crippen LogP contribution < -0.4 is 5.32 Å². The molecule has 1 aliphatic carbocycles. The molecule has 0 spiro atoms. The fourth-order valence-electron chi connectivity index (χ4n) is 2.82. The Morgan fingerprint density at radius 2 is 1.95 bits per heavy atom. The highest BCUT2D eigenvalue weighted by Gasteiger charge is 2.36. The van der Waals surface area contributed by atoms with Crippen molar-refractivity contribution in [1.29, 1.82) is 0 Å². The first-order valence-corrected chi connectivity index (χ1v) is 7.22. The van der Waals surface area contributed by atoms with E-state index in [2.05, 4.69) is 30.3 Å². The average Bonchev–Trinajstić information content (AvgIpc) is 2.63. The summed E-state index contributed by atoms with van der Waals surface area (Å²) < 4.78 is 1.90. The molecular formula is C15H27N3O. The third-order valence-corrected chi connectivity index (χ3v) is 4.39. The van der Waals surface area contributed by atoms with Crippen LogP contribution in [0, 0.1) is 12.3 Å². The van der Waals surface area contributed by atoms with Gasteiger partial charge in [0.1, 0.15) is 0 Å². The molecule has 1 saturated carbocycles. The quantitative estimate of drug-likeness (QED) is 0.877. The smallest absolute Gasteiger partial charge is 0.0772 e. The monoisotopic (exact) mass is 265 g/mol. The average molecular weight is 265 g/mol. The van der Waals surface area contributed by atoms with Gasteiger partial charge in [0.15, 0.2) is 0 Å². The number of nitrogens with one attached hydrogen (secondary N) is 1. The van der Waals surface area contributed by atoms with E-state index in [4.69, 9.17) is 0 Å². The maximum atomic E-state index is 10.6. The molecular weight excluding hydrogens is 238 g/mol. The predicted octanol–water partition coefficient (Wildman–Crippen LogP) is 2.15. The van der Waals surface area contributed by atoms with Crippen LogP contribution in [-0.2, 0) is 13.6 Å². The molecule has 2 N–H and O–H groups in total. The SMILES string of the molecule is Cc1cc(CNCC2(O)CCC(C)(C)CC2)n(C)n1. The van der Waals surface area contributed by atoms with E-state index in [9.17, 15) is 5.11 Å². The van der Waals surface area contributed by atoms with Gasteiger partial charge in [0.25, 0.3) is 0 Å². The molecule has 108 valence electrons. The molecule has 0 aromatic carbocycles. The van der Waals surface area contributed by atoms with Crippen LogP contribution in [0.25, 0.3) is 0 Å². The maximum absolute atomic E-state index is 10.6. The Morgan fingerprint density at radius 3 is 2.47 bits per heavy atom. The summed E-state index contributed by atoms with van der Waals surface area (Å²) in [6, 6.07) is 2.08. The van der Waals surface area contributed by atoms with Crippen molar-refractivity contribution in [2.24, 2.45) is 12.5 Å². The van der Waals surface area contributed by atoms with Crippen LogP contribution in [-0.4, -0.2) is 27.0 Å². The Balaban J connectivity index is 1.81. The third kappa shape index (κ3) is 3.80. The van der Waals surface area contributed by atoms with Crippen LogP contribution in [0.3, 0.4) is 0 Å². The van der Waals surface area contributed by atoms with Gasteiger partial charge in [0.2, 0.25) is 0 Å². The summed E-state index contributed by atoms with van der Waals surface area (Å²) in [6.45, 7) is 8.02. The first kappa shape index (κ1) is 14.5. The van der Waals surface area contributed by atoms with E-state index in [1.165, 1.54) is 0 Å². The summed E-state index contributed by atoms with van der Waals surface area (Å²) in [5.41, 5.74) is 2.07. The summed E-state index contributed by atoms with van der Waals surface area (Å²) in [6.07, 6.45) is 4.01. The van der Waals surface area contributed by atoms with Crippen molar-refractivity contribution in [3.63, 3.8) is 0 Å². The van der Waals surface area contributed by atoms with E-state index in [-0.39, 0.29) is 0 Å². The van der Waals surface area contributed by atoms with Crippen LogP contribution in [0.2, 0.25) is 0 Å². The van der Waals surface area contributed by atoms with Crippen LogP contribution in [0.1, 0.15) is 50.9 Å². The van der Waals surface area contributed by atoms with Gasteiger partial charge in [-0.2, -0.15) is 5.10 Å². The van der Waals surface area contributed by atoms with Crippen molar-refractivity contribution < 1.29 is 5.11 Å². The van der Waals surface area contributed by atoms with E-state index in [1.807, 2.05) is 18.7 Å². The van der Waals surface area contributed by atoms with Crippen molar-refractivity contribution in [2.45, 2.75) is 58.6 Å². The molecule has 0 amide bonds. The van der Waals surface area contributed by atoms with Crippen molar-refractivity contribution in [3.05, 3.63) is 17.5 Å². The molecule has 1 aromatic heterocycles. The minimum atomic E-state index is -0.525. The first-order chi connectivity index (χ1) is 8.80. The number of hydrogen-bond acceptors (Lipinski definition) is 3. The zero-order valence-corrected chi connectivity index (χ0v) is 12.7. The highest BCUT2D eigenvalue weighted by Crippen LogP contribution is 2.39. The minimum absolute atomic E-state index is 0.394. The van der Waals surface area contributed by atoms with Crippen molar-refractivity contribution in [3.8, 4) is 0 Å². The molecule has 1 aliphatic rings. The number of aryl methyl sites for hydroxylation is 2. The molecule has 4 nitrogen and oxygen atoms in total. The molecule has 0 aliphatic heterocycles. The summed E-state index contributed by atoms with van der Waals surface area (Å²) in [5.74, 6) is 0. The number of hydrogen-bond donors (Lipinski definition) is 2. The van der Waals surface area contributed by atoms with E-state index in [1.54, 1.807) is 0 Å². The Kier molecular flexibility index (Phi) is 4.02. The number of aromatic nitrogens is 2. The highest BCUT2D eigenvalue weighted by atomic mass is 16.3. The van der Waals surface area contributed by atoms with Gasteiger partial charge < -0.3 is 10.4 Å². The Morgan fingerprint density at radius 1 is 1.32 bits per heavy atom. The molecule has 0 atom stereocenters. The molecule has 0 radical (unpaired) electrons. The lowest BCUT2D eigenvalue weighted by Gasteiger charge is -2.40. The van der Waals surface area contributed by atoms with Gasteiger partial charge in [-0.25, -0.2) is 0 Å². The fourth-order valence-corrected chi connectivity index (χ4v) is 2.82. The standard InChI is InChI=1S/C15H27N3O/c1-12-9-13(18(4)17-12)10-16-11-15(19)7-5-14(2,3)6-8-15/h9,16,19H,5-8,10-11H2,1-4H3. The van der Waals surface area contributed by atoms with Gasteiger partial charge in [0, 0.05) is 20.1 Å². The Bertz CT molecular complexity index is 427. The number of aliphatic hydroxyl groups is 1. The van der Waals surface area contributed by atoms with Crippen LogP contribution in [0.5, 0.6) is 0 Å². The maximum Gasteiger partial charge on any atom is 0.0772 e. The summed E-state index contributed by atoms with van der Waals surface area (Å²) >= 11 is 0. The number of nitrogens with zero attached hydrogens (tertiary/aromatic N) is 2. The molecule has 4 heteroatoms. The van der Waals surface area contributed by atoms with Crippen LogP contribution >= 0.6 is 0 Å². The first-order valence-electron chi connectivity index (χ1n) is 7.22. The Hall–Kier alpha value is -0.870. The van der Waals surface area contributed by atoms with Gasteiger partial charge in [-0.15, -0.1) is 0 Å². The summed E-state index contributed by atoms with van der Waals surface area (Å²) in [4.78, 5) is 0. The normalized spacial score (nSPS) is 21.5. The molecule has 0 unspecified atom stereocenters. The third-order valence-electron chi connectivity index (χ3n) is 4.39. The zero-order chi connectivity index (χ0) is 14.1. The van der Waals surface area contributed by atoms with Gasteiger partial charge in [-0.05, 0) is 44.1 Å². The van der Waals surface area contributed by atoms with Crippen molar-refractivity contribution in [1.82, 2.24) is 15.1 Å². The predicted molar refractivity (Wildman–Crippen MR) is 76.9 cm³/mol. The van der Waals surface area contributed by atoms with Crippen LogP contribution in [0.15, 0.2) is 6.07 Å². The van der Waals surface area contributed by atoms with Crippen molar-refractivity contribution >= 4 is 0 Å². The lowest BCUT2D eigenvalue weighted by atomic mass is 9.71. The topological polar surface area (TPSA) is 50.1 Å². The minimum Gasteiger partial charge on any atom is -0.389 e. The largest absolute Gasteiger partial charge is 0.389 e. The molecule has 1 aromatic rings. The summed E-state index contributed by atoms with van der Waals surface area (Å²) in [5, 5.41) is 18.3. The second-order valence-corrected chi connectivity index (χ2v) is 6.89. The number of rotatable bonds is 4. The molecule has 0 bridgehead atoms. The van der Waals surface area contributed by atoms with Crippen LogP contribution in [0.4, 0.5) is 0 Å². The van der Waals surface area contributed by atoms with E-state index in [0.717, 1.165) is 43.6 Å². The van der Waals surface area contributed by atoms with E-state index in [0.29, 0.717) is 12.0 Å².